The molecule has 0 aliphatic rings. The second kappa shape index (κ2) is 9.76. The molecule has 3 rings (SSSR count). The number of methoxy groups -OCH3 is 1. The number of rotatable bonds is 8. The SMILES string of the molecule is COc1ccc(Cl)cc1Nc1ccc(C(=O)NCCCc2ccccc2)nc1. The van der Waals surface area contributed by atoms with E-state index in [9.17, 15) is 4.79 Å². The standard InChI is InChI=1S/C22H22ClN3O2/c1-28-21-12-9-17(23)14-20(21)26-18-10-11-19(25-15-18)22(27)24-13-5-8-16-6-3-2-4-7-16/h2-4,6-7,9-12,14-15,26H,5,8,13H2,1H3,(H,24,27). The Morgan fingerprint density at radius 2 is 1.93 bits per heavy atom. The van der Waals surface area contributed by atoms with Crippen molar-refractivity contribution < 1.29 is 9.53 Å². The zero-order valence-electron chi connectivity index (χ0n) is 15.6. The van der Waals surface area contributed by atoms with Gasteiger partial charge in [-0.3, -0.25) is 4.79 Å². The highest BCUT2D eigenvalue weighted by atomic mass is 35.5. The number of hydrogen-bond acceptors (Lipinski definition) is 4. The molecule has 0 saturated carbocycles. The average molecular weight is 396 g/mol. The summed E-state index contributed by atoms with van der Waals surface area (Å²) in [6.45, 7) is 0.606. The first-order chi connectivity index (χ1) is 13.7. The molecule has 2 aromatic carbocycles. The Morgan fingerprint density at radius 1 is 1.11 bits per heavy atom. The van der Waals surface area contributed by atoms with E-state index in [1.54, 1.807) is 43.6 Å². The number of carbonyl (C=O) groups excluding carboxylic acids is 1. The van der Waals surface area contributed by atoms with Crippen LogP contribution in [-0.4, -0.2) is 24.5 Å². The molecule has 3 aromatic rings. The second-order valence-electron chi connectivity index (χ2n) is 6.25. The highest BCUT2D eigenvalue weighted by molar-refractivity contribution is 6.31. The maximum atomic E-state index is 12.2. The molecule has 0 aliphatic carbocycles. The lowest BCUT2D eigenvalue weighted by Gasteiger charge is -2.11. The first kappa shape index (κ1) is 19.7. The van der Waals surface area contributed by atoms with Crippen LogP contribution < -0.4 is 15.4 Å². The molecule has 0 aliphatic heterocycles. The lowest BCUT2D eigenvalue weighted by molar-refractivity contribution is 0.0948. The molecule has 1 amide bonds. The number of benzene rings is 2. The number of hydrogen-bond donors (Lipinski definition) is 2. The molecule has 0 unspecified atom stereocenters. The van der Waals surface area contributed by atoms with Crippen LogP contribution in [0, 0.1) is 0 Å². The van der Waals surface area contributed by atoms with E-state index in [-0.39, 0.29) is 5.91 Å². The van der Waals surface area contributed by atoms with E-state index in [2.05, 4.69) is 27.8 Å². The number of nitrogens with one attached hydrogen (secondary N) is 2. The van der Waals surface area contributed by atoms with Crippen LogP contribution in [0.5, 0.6) is 5.75 Å². The maximum Gasteiger partial charge on any atom is 0.269 e. The predicted octanol–water partition coefficient (Wildman–Crippen LogP) is 4.85. The molecule has 0 spiro atoms. The van der Waals surface area contributed by atoms with E-state index in [0.29, 0.717) is 23.0 Å². The quantitative estimate of drug-likeness (QED) is 0.535. The van der Waals surface area contributed by atoms with Crippen molar-refractivity contribution in [2.75, 3.05) is 19.0 Å². The molecule has 2 N–H and O–H groups in total. The lowest BCUT2D eigenvalue weighted by Crippen LogP contribution is -2.25. The van der Waals surface area contributed by atoms with Crippen molar-refractivity contribution >= 4 is 28.9 Å². The van der Waals surface area contributed by atoms with Crippen molar-refractivity contribution in [3.63, 3.8) is 0 Å². The maximum absolute atomic E-state index is 12.2. The molecular weight excluding hydrogens is 374 g/mol. The van der Waals surface area contributed by atoms with Gasteiger partial charge in [-0.05, 0) is 48.7 Å². The third kappa shape index (κ3) is 5.47. The molecule has 0 bridgehead atoms. The Kier molecular flexibility index (Phi) is 6.87. The number of nitrogens with zero attached hydrogens (tertiary/aromatic N) is 1. The third-order valence-corrected chi connectivity index (χ3v) is 4.44. The molecule has 0 saturated heterocycles. The molecule has 144 valence electrons. The van der Waals surface area contributed by atoms with Crippen molar-refractivity contribution in [2.24, 2.45) is 0 Å². The van der Waals surface area contributed by atoms with Crippen molar-refractivity contribution in [3.8, 4) is 5.75 Å². The summed E-state index contributed by atoms with van der Waals surface area (Å²) >= 11 is 6.04. The van der Waals surface area contributed by atoms with E-state index < -0.39 is 0 Å². The van der Waals surface area contributed by atoms with Crippen molar-refractivity contribution in [3.05, 3.63) is 83.1 Å². The average Bonchev–Trinajstić information content (AvgIpc) is 2.72. The summed E-state index contributed by atoms with van der Waals surface area (Å²) in [4.78, 5) is 16.5. The van der Waals surface area contributed by atoms with Gasteiger partial charge < -0.3 is 15.4 Å². The fourth-order valence-electron chi connectivity index (χ4n) is 2.77. The topological polar surface area (TPSA) is 63.2 Å². The van der Waals surface area contributed by atoms with Crippen LogP contribution in [0.15, 0.2) is 66.9 Å². The summed E-state index contributed by atoms with van der Waals surface area (Å²) in [5.41, 5.74) is 3.11. The van der Waals surface area contributed by atoms with E-state index in [1.807, 2.05) is 18.2 Å². The van der Waals surface area contributed by atoms with E-state index >= 15 is 0 Å². The number of amides is 1. The first-order valence-corrected chi connectivity index (χ1v) is 9.42. The molecule has 28 heavy (non-hydrogen) atoms. The van der Waals surface area contributed by atoms with Crippen LogP contribution in [0.3, 0.4) is 0 Å². The van der Waals surface area contributed by atoms with Crippen LogP contribution in [0.2, 0.25) is 5.02 Å². The van der Waals surface area contributed by atoms with E-state index in [0.717, 1.165) is 24.2 Å². The van der Waals surface area contributed by atoms with Crippen molar-refractivity contribution in [1.29, 1.82) is 0 Å². The third-order valence-electron chi connectivity index (χ3n) is 4.21. The number of anilines is 2. The normalized spacial score (nSPS) is 10.4. The fraction of sp³-hybridized carbons (Fsp3) is 0.182. The van der Waals surface area contributed by atoms with E-state index in [4.69, 9.17) is 16.3 Å². The number of halogens is 1. The van der Waals surface area contributed by atoms with Gasteiger partial charge >= 0.3 is 0 Å². The number of carbonyl (C=O) groups is 1. The number of aromatic nitrogens is 1. The highest BCUT2D eigenvalue weighted by Crippen LogP contribution is 2.30. The summed E-state index contributed by atoms with van der Waals surface area (Å²) in [5, 5.41) is 6.70. The lowest BCUT2D eigenvalue weighted by atomic mass is 10.1. The Balaban J connectivity index is 1.52. The van der Waals surface area contributed by atoms with Crippen LogP contribution >= 0.6 is 11.6 Å². The molecule has 1 heterocycles. The van der Waals surface area contributed by atoms with Crippen molar-refractivity contribution in [2.45, 2.75) is 12.8 Å². The molecule has 0 atom stereocenters. The van der Waals surface area contributed by atoms with Gasteiger partial charge in [-0.2, -0.15) is 0 Å². The van der Waals surface area contributed by atoms with Gasteiger partial charge in [0.1, 0.15) is 11.4 Å². The smallest absolute Gasteiger partial charge is 0.269 e. The summed E-state index contributed by atoms with van der Waals surface area (Å²) in [6.07, 6.45) is 3.42. The molecule has 6 heteroatoms. The number of ether oxygens (including phenoxy) is 1. The minimum absolute atomic E-state index is 0.181. The summed E-state index contributed by atoms with van der Waals surface area (Å²) in [5.74, 6) is 0.490. The fourth-order valence-corrected chi connectivity index (χ4v) is 2.94. The van der Waals surface area contributed by atoms with Gasteiger partial charge in [0, 0.05) is 11.6 Å². The van der Waals surface area contributed by atoms with Gasteiger partial charge in [0.15, 0.2) is 0 Å². The van der Waals surface area contributed by atoms with Crippen LogP contribution in [0.1, 0.15) is 22.5 Å². The second-order valence-corrected chi connectivity index (χ2v) is 6.68. The number of pyridine rings is 1. The van der Waals surface area contributed by atoms with Gasteiger partial charge in [-0.15, -0.1) is 0 Å². The zero-order valence-corrected chi connectivity index (χ0v) is 16.4. The monoisotopic (exact) mass is 395 g/mol. The minimum atomic E-state index is -0.181. The zero-order chi connectivity index (χ0) is 19.8. The molecule has 5 nitrogen and oxygen atoms in total. The Morgan fingerprint density at radius 3 is 2.64 bits per heavy atom. The highest BCUT2D eigenvalue weighted by Gasteiger charge is 2.08. The molecular formula is C22H22ClN3O2. The van der Waals surface area contributed by atoms with E-state index in [1.165, 1.54) is 5.56 Å². The van der Waals surface area contributed by atoms with Crippen LogP contribution in [0.4, 0.5) is 11.4 Å². The summed E-state index contributed by atoms with van der Waals surface area (Å²) in [7, 11) is 1.60. The van der Waals surface area contributed by atoms with Gasteiger partial charge in [0.05, 0.1) is 24.7 Å². The van der Waals surface area contributed by atoms with Gasteiger partial charge in [0.2, 0.25) is 0 Å². The number of aryl methyl sites for hydroxylation is 1. The minimum Gasteiger partial charge on any atom is -0.495 e. The molecule has 0 radical (unpaired) electrons. The van der Waals surface area contributed by atoms with Gasteiger partial charge in [0.25, 0.3) is 5.91 Å². The van der Waals surface area contributed by atoms with Crippen LogP contribution in [-0.2, 0) is 6.42 Å². The molecule has 1 aromatic heterocycles. The Bertz CT molecular complexity index is 915. The van der Waals surface area contributed by atoms with Gasteiger partial charge in [-0.1, -0.05) is 41.9 Å². The largest absolute Gasteiger partial charge is 0.495 e. The summed E-state index contributed by atoms with van der Waals surface area (Å²) in [6, 6.07) is 19.0. The molecule has 0 fully saturated rings. The Hall–Kier alpha value is -3.05. The predicted molar refractivity (Wildman–Crippen MR) is 113 cm³/mol. The first-order valence-electron chi connectivity index (χ1n) is 9.04. The van der Waals surface area contributed by atoms with Crippen LogP contribution in [0.25, 0.3) is 0 Å². The summed E-state index contributed by atoms with van der Waals surface area (Å²) < 4.78 is 5.32. The Labute approximate surface area is 169 Å². The van der Waals surface area contributed by atoms with Gasteiger partial charge in [-0.25, -0.2) is 4.98 Å². The van der Waals surface area contributed by atoms with Crippen molar-refractivity contribution in [1.82, 2.24) is 10.3 Å².